The van der Waals surface area contributed by atoms with E-state index in [4.69, 9.17) is 5.73 Å². The second-order valence-electron chi connectivity index (χ2n) is 4.78. The zero-order valence-corrected chi connectivity index (χ0v) is 11.5. The van der Waals surface area contributed by atoms with Gasteiger partial charge in [-0.3, -0.25) is 0 Å². The Morgan fingerprint density at radius 2 is 1.78 bits per heavy atom. The topological polar surface area (TPSA) is 86.7 Å². The van der Waals surface area contributed by atoms with Crippen LogP contribution < -0.4 is 5.73 Å². The molecule has 104 valence electrons. The molecule has 5 heteroatoms. The Hall–Kier alpha value is -0.970. The monoisotopic (exact) mass is 275 g/mol. The fourth-order valence-corrected chi connectivity index (χ4v) is 1.71. The molecular formula is C13H22ClNO3. The molecule has 1 aromatic carbocycles. The van der Waals surface area contributed by atoms with Crippen LogP contribution in [-0.4, -0.2) is 21.4 Å². The first-order chi connectivity index (χ1) is 7.93. The summed E-state index contributed by atoms with van der Waals surface area (Å²) in [4.78, 5) is 0. The van der Waals surface area contributed by atoms with Crippen LogP contribution in [0.25, 0.3) is 0 Å². The predicted octanol–water partition coefficient (Wildman–Crippen LogP) is 2.32. The predicted molar refractivity (Wildman–Crippen MR) is 74.0 cm³/mol. The van der Waals surface area contributed by atoms with Crippen molar-refractivity contribution >= 4 is 12.4 Å². The Labute approximate surface area is 114 Å². The summed E-state index contributed by atoms with van der Waals surface area (Å²) in [5, 5.41) is 28.9. The number of rotatable bonds is 5. The summed E-state index contributed by atoms with van der Waals surface area (Å²) in [7, 11) is 0. The molecule has 0 spiro atoms. The minimum atomic E-state index is -0.718. The molecule has 1 aromatic rings. The Kier molecular flexibility index (Phi) is 7.06. The zero-order valence-electron chi connectivity index (χ0n) is 10.7. The van der Waals surface area contributed by atoms with Gasteiger partial charge < -0.3 is 21.1 Å². The summed E-state index contributed by atoms with van der Waals surface area (Å²) in [6.07, 6.45) is 0.729. The van der Waals surface area contributed by atoms with Crippen molar-refractivity contribution in [3.05, 3.63) is 23.8 Å². The number of hydrogen-bond donors (Lipinski definition) is 4. The first kappa shape index (κ1) is 17.0. The minimum Gasteiger partial charge on any atom is -0.504 e. The van der Waals surface area contributed by atoms with Gasteiger partial charge in [0.1, 0.15) is 0 Å². The molecular weight excluding hydrogens is 254 g/mol. The number of halogens is 1. The van der Waals surface area contributed by atoms with Crippen molar-refractivity contribution in [2.75, 3.05) is 0 Å². The Bertz CT molecular complexity index is 371. The van der Waals surface area contributed by atoms with Gasteiger partial charge in [-0.15, -0.1) is 12.4 Å². The quantitative estimate of drug-likeness (QED) is 0.621. The van der Waals surface area contributed by atoms with Crippen molar-refractivity contribution in [1.29, 1.82) is 0 Å². The Balaban J connectivity index is 0.00000289. The highest BCUT2D eigenvalue weighted by atomic mass is 35.5. The van der Waals surface area contributed by atoms with Crippen molar-refractivity contribution < 1.29 is 15.3 Å². The number of benzene rings is 1. The smallest absolute Gasteiger partial charge is 0.162 e. The molecule has 0 unspecified atom stereocenters. The lowest BCUT2D eigenvalue weighted by molar-refractivity contribution is 0.127. The van der Waals surface area contributed by atoms with Crippen LogP contribution in [0.5, 0.6) is 11.5 Å². The maximum absolute atomic E-state index is 9.92. The molecule has 0 saturated carbocycles. The highest BCUT2D eigenvalue weighted by Gasteiger charge is 2.21. The van der Waals surface area contributed by atoms with E-state index >= 15 is 0 Å². The average Bonchev–Trinajstić information content (AvgIpc) is 2.28. The van der Waals surface area contributed by atoms with Gasteiger partial charge in [-0.1, -0.05) is 26.0 Å². The first-order valence-electron chi connectivity index (χ1n) is 5.88. The van der Waals surface area contributed by atoms with Crippen LogP contribution in [0.1, 0.15) is 38.3 Å². The number of hydrogen-bond acceptors (Lipinski definition) is 4. The first-order valence-corrected chi connectivity index (χ1v) is 5.88. The molecule has 2 atom stereocenters. The van der Waals surface area contributed by atoms with Gasteiger partial charge in [0.15, 0.2) is 11.5 Å². The van der Waals surface area contributed by atoms with E-state index in [9.17, 15) is 15.3 Å². The van der Waals surface area contributed by atoms with Gasteiger partial charge in [0.05, 0.1) is 12.1 Å². The summed E-state index contributed by atoms with van der Waals surface area (Å²) in [5.74, 6) is 0.0345. The third-order valence-electron chi connectivity index (χ3n) is 2.86. The largest absolute Gasteiger partial charge is 0.504 e. The van der Waals surface area contributed by atoms with Crippen LogP contribution in [0.4, 0.5) is 0 Å². The molecule has 0 saturated heterocycles. The number of phenolic OH excluding ortho intramolecular Hbond substituents is 2. The molecule has 0 fully saturated rings. The van der Waals surface area contributed by atoms with Gasteiger partial charge in [0.2, 0.25) is 0 Å². The highest BCUT2D eigenvalue weighted by Crippen LogP contribution is 2.33. The Morgan fingerprint density at radius 1 is 1.17 bits per heavy atom. The number of aliphatic hydroxyl groups is 1. The lowest BCUT2D eigenvalue weighted by Gasteiger charge is -2.21. The van der Waals surface area contributed by atoms with E-state index in [0.29, 0.717) is 17.9 Å². The molecule has 0 bridgehead atoms. The average molecular weight is 276 g/mol. The number of aliphatic hydroxyl groups excluding tert-OH is 1. The van der Waals surface area contributed by atoms with Crippen LogP contribution in [0.2, 0.25) is 0 Å². The maximum Gasteiger partial charge on any atom is 0.162 e. The van der Waals surface area contributed by atoms with Crippen molar-refractivity contribution in [2.24, 2.45) is 11.7 Å². The number of para-hydroxylation sites is 1. The van der Waals surface area contributed by atoms with Crippen molar-refractivity contribution in [2.45, 2.75) is 38.8 Å². The van der Waals surface area contributed by atoms with Gasteiger partial charge in [-0.2, -0.15) is 0 Å². The lowest BCUT2D eigenvalue weighted by Crippen LogP contribution is -2.26. The van der Waals surface area contributed by atoms with Crippen LogP contribution in [0.15, 0.2) is 18.2 Å². The molecule has 0 radical (unpaired) electrons. The van der Waals surface area contributed by atoms with Crippen LogP contribution in [0.3, 0.4) is 0 Å². The van der Waals surface area contributed by atoms with E-state index < -0.39 is 12.1 Å². The molecule has 0 heterocycles. The third kappa shape index (κ3) is 4.37. The minimum absolute atomic E-state index is 0. The summed E-state index contributed by atoms with van der Waals surface area (Å²) in [6.45, 7) is 4.15. The van der Waals surface area contributed by atoms with E-state index in [1.807, 2.05) is 0 Å². The number of aromatic hydroxyl groups is 2. The van der Waals surface area contributed by atoms with Gasteiger partial charge in [-0.05, 0) is 24.8 Å². The van der Waals surface area contributed by atoms with Gasteiger partial charge in [-0.25, -0.2) is 0 Å². The lowest BCUT2D eigenvalue weighted by atomic mass is 9.95. The van der Waals surface area contributed by atoms with E-state index in [1.165, 1.54) is 6.07 Å². The zero-order chi connectivity index (χ0) is 13.0. The van der Waals surface area contributed by atoms with Gasteiger partial charge >= 0.3 is 0 Å². The normalized spacial score (nSPS) is 14.1. The molecule has 1 rings (SSSR count). The van der Waals surface area contributed by atoms with Gasteiger partial charge in [0, 0.05) is 5.56 Å². The van der Waals surface area contributed by atoms with E-state index in [0.717, 1.165) is 6.42 Å². The number of nitrogens with two attached hydrogens (primary N) is 1. The van der Waals surface area contributed by atoms with Crippen molar-refractivity contribution in [1.82, 2.24) is 0 Å². The molecule has 18 heavy (non-hydrogen) atoms. The summed E-state index contributed by atoms with van der Waals surface area (Å²) >= 11 is 0. The van der Waals surface area contributed by atoms with E-state index in [-0.39, 0.29) is 23.9 Å². The van der Waals surface area contributed by atoms with Crippen molar-refractivity contribution in [3.8, 4) is 11.5 Å². The second kappa shape index (κ2) is 7.46. The second-order valence-corrected chi connectivity index (χ2v) is 4.78. The molecule has 0 amide bonds. The summed E-state index contributed by atoms with van der Waals surface area (Å²) in [5.41, 5.74) is 6.25. The number of phenols is 2. The standard InChI is InChI=1S/C13H21NO3.ClH/c1-8(2)6-7-10(15)12(14)9-4-3-5-11(16)13(9)17;/h3-5,8,10,12,15-17H,6-7,14H2,1-2H3;1H/t10-,12+;/m1./s1. The van der Waals surface area contributed by atoms with Crippen LogP contribution in [0, 0.1) is 5.92 Å². The molecule has 0 aromatic heterocycles. The van der Waals surface area contributed by atoms with Crippen molar-refractivity contribution in [3.63, 3.8) is 0 Å². The molecule has 0 aliphatic carbocycles. The van der Waals surface area contributed by atoms with Crippen LogP contribution in [-0.2, 0) is 0 Å². The summed E-state index contributed by atoms with van der Waals surface area (Å²) in [6, 6.07) is 3.91. The SMILES string of the molecule is CC(C)CC[C@@H](O)[C@@H](N)c1cccc(O)c1O.Cl. The van der Waals surface area contributed by atoms with E-state index in [1.54, 1.807) is 12.1 Å². The van der Waals surface area contributed by atoms with Crippen LogP contribution >= 0.6 is 12.4 Å². The van der Waals surface area contributed by atoms with E-state index in [2.05, 4.69) is 13.8 Å². The maximum atomic E-state index is 9.92. The molecule has 5 N–H and O–H groups in total. The van der Waals surface area contributed by atoms with Gasteiger partial charge in [0.25, 0.3) is 0 Å². The summed E-state index contributed by atoms with van der Waals surface area (Å²) < 4.78 is 0. The molecule has 4 nitrogen and oxygen atoms in total. The third-order valence-corrected chi connectivity index (χ3v) is 2.86. The molecule has 0 aliphatic rings. The fourth-order valence-electron chi connectivity index (χ4n) is 1.71. The molecule has 0 aliphatic heterocycles. The highest BCUT2D eigenvalue weighted by molar-refractivity contribution is 5.85. The Morgan fingerprint density at radius 3 is 2.33 bits per heavy atom. The fraction of sp³-hybridized carbons (Fsp3) is 0.538.